The van der Waals surface area contributed by atoms with Gasteiger partial charge in [-0.05, 0) is 78.0 Å². The molecule has 0 spiro atoms. The van der Waals surface area contributed by atoms with Crippen molar-refractivity contribution in [3.05, 3.63) is 65.3 Å². The average Bonchev–Trinajstić information content (AvgIpc) is 3.41. The summed E-state index contributed by atoms with van der Waals surface area (Å²) >= 11 is 1.46. The van der Waals surface area contributed by atoms with Crippen molar-refractivity contribution in [1.82, 2.24) is 15.0 Å². The molecule has 1 heterocycles. The van der Waals surface area contributed by atoms with Gasteiger partial charge in [0.15, 0.2) is 0 Å². The fourth-order valence-electron chi connectivity index (χ4n) is 4.86. The van der Waals surface area contributed by atoms with Crippen molar-refractivity contribution in [3.8, 4) is 10.4 Å². The Morgan fingerprint density at radius 1 is 1.02 bits per heavy atom. The fourth-order valence-corrected chi connectivity index (χ4v) is 7.72. The van der Waals surface area contributed by atoms with E-state index < -0.39 is 27.7 Å². The molecule has 2 aromatic carbocycles. The first-order valence-electron chi connectivity index (χ1n) is 14.4. The summed E-state index contributed by atoms with van der Waals surface area (Å²) in [6.45, 7) is 9.03. The van der Waals surface area contributed by atoms with Crippen LogP contribution >= 0.6 is 11.3 Å². The van der Waals surface area contributed by atoms with E-state index in [1.165, 1.54) is 17.4 Å². The summed E-state index contributed by atoms with van der Waals surface area (Å²) in [5, 5.41) is 6.51. The quantitative estimate of drug-likeness (QED) is 0.237. The number of ether oxygens (including phenoxy) is 2. The molecule has 3 aromatic rings. The van der Waals surface area contributed by atoms with Crippen LogP contribution in [-0.2, 0) is 26.1 Å². The van der Waals surface area contributed by atoms with Gasteiger partial charge in [-0.2, -0.15) is 0 Å². The van der Waals surface area contributed by atoms with Crippen molar-refractivity contribution in [2.45, 2.75) is 95.4 Å². The molecule has 232 valence electrons. The largest absolute Gasteiger partial charge is 0.447 e. The molecular formula is C31H40N4O6S2. The van der Waals surface area contributed by atoms with Crippen molar-refractivity contribution < 1.29 is 27.5 Å². The Balaban J connectivity index is 1.50. The molecule has 0 radical (unpaired) electrons. The third-order valence-electron chi connectivity index (χ3n) is 6.70. The summed E-state index contributed by atoms with van der Waals surface area (Å²) in [6, 6.07) is 14.1. The topological polar surface area (TPSA) is 136 Å². The van der Waals surface area contributed by atoms with E-state index in [0.717, 1.165) is 36.3 Å². The first-order chi connectivity index (χ1) is 20.3. The predicted molar refractivity (Wildman–Crippen MR) is 168 cm³/mol. The standard InChI is InChI=1S/C31H40N4O6S2/c1-20(2)41-30(37)33-23-13-11-22(12-14-23)28-32-18-26(42-28)25-16-15-24(17-27(25)43(38,39)35-31(3,4)5)34-29(36)40-19-21-9-7-6-8-10-21/h6-10,15-18,20,22-23,35H,11-14,19H2,1-5H3,(H,33,37)(H,34,36). The maximum Gasteiger partial charge on any atom is 0.411 e. The number of rotatable bonds is 9. The Hall–Kier alpha value is -3.48. The normalized spacial score (nSPS) is 17.3. The SMILES string of the molecule is CC(C)OC(=O)NC1CCC(c2ncc(-c3ccc(NC(=O)OCc4ccccc4)cc3S(=O)(=O)NC(C)(C)C)s2)CC1. The molecule has 0 unspecified atom stereocenters. The molecule has 2 amide bonds. The Kier molecular flexibility index (Phi) is 10.5. The number of anilines is 1. The van der Waals surface area contributed by atoms with Gasteiger partial charge in [-0.3, -0.25) is 5.32 Å². The average molecular weight is 629 g/mol. The van der Waals surface area contributed by atoms with Gasteiger partial charge in [-0.25, -0.2) is 27.7 Å². The molecule has 43 heavy (non-hydrogen) atoms. The van der Waals surface area contributed by atoms with Gasteiger partial charge in [0.25, 0.3) is 0 Å². The van der Waals surface area contributed by atoms with Crippen molar-refractivity contribution in [1.29, 1.82) is 0 Å². The second kappa shape index (κ2) is 13.9. The number of nitrogens with zero attached hydrogens (tertiary/aromatic N) is 1. The molecule has 0 saturated heterocycles. The molecule has 4 rings (SSSR count). The van der Waals surface area contributed by atoms with Gasteiger partial charge >= 0.3 is 12.2 Å². The number of carbonyl (C=O) groups is 2. The van der Waals surface area contributed by atoms with Crippen LogP contribution < -0.4 is 15.4 Å². The first-order valence-corrected chi connectivity index (χ1v) is 16.7. The molecule has 0 atom stereocenters. The van der Waals surface area contributed by atoms with Crippen LogP contribution in [0.25, 0.3) is 10.4 Å². The summed E-state index contributed by atoms with van der Waals surface area (Å²) in [7, 11) is -3.97. The van der Waals surface area contributed by atoms with E-state index in [0.29, 0.717) is 16.1 Å². The second-order valence-electron chi connectivity index (χ2n) is 12.0. The molecule has 1 fully saturated rings. The summed E-state index contributed by atoms with van der Waals surface area (Å²) < 4.78 is 40.4. The summed E-state index contributed by atoms with van der Waals surface area (Å²) in [4.78, 5) is 29.9. The monoisotopic (exact) mass is 628 g/mol. The molecular weight excluding hydrogens is 588 g/mol. The molecule has 12 heteroatoms. The smallest absolute Gasteiger partial charge is 0.411 e. The zero-order chi connectivity index (χ0) is 31.2. The lowest BCUT2D eigenvalue weighted by atomic mass is 9.86. The van der Waals surface area contributed by atoms with Crippen LogP contribution in [0.3, 0.4) is 0 Å². The third kappa shape index (κ3) is 9.50. The molecule has 3 N–H and O–H groups in total. The minimum atomic E-state index is -3.97. The van der Waals surface area contributed by atoms with Gasteiger partial charge in [0.05, 0.1) is 20.9 Å². The van der Waals surface area contributed by atoms with Crippen LogP contribution in [0.5, 0.6) is 0 Å². The van der Waals surface area contributed by atoms with Crippen molar-refractivity contribution in [2.75, 3.05) is 5.32 Å². The van der Waals surface area contributed by atoms with Crippen molar-refractivity contribution in [2.24, 2.45) is 0 Å². The summed E-state index contributed by atoms with van der Waals surface area (Å²) in [5.74, 6) is 0.214. The first kappa shape index (κ1) is 32.4. The van der Waals surface area contributed by atoms with E-state index in [2.05, 4.69) is 20.3 Å². The lowest BCUT2D eigenvalue weighted by Crippen LogP contribution is -2.40. The van der Waals surface area contributed by atoms with E-state index in [1.807, 2.05) is 44.2 Å². The number of nitrogens with one attached hydrogen (secondary N) is 3. The highest BCUT2D eigenvalue weighted by atomic mass is 32.2. The Bertz CT molecular complexity index is 1510. The number of amides is 2. The Labute approximate surface area is 257 Å². The van der Waals surface area contributed by atoms with Gasteiger partial charge < -0.3 is 14.8 Å². The van der Waals surface area contributed by atoms with Crippen LogP contribution in [0.4, 0.5) is 15.3 Å². The highest BCUT2D eigenvalue weighted by Crippen LogP contribution is 2.40. The number of alkyl carbamates (subject to hydrolysis) is 1. The molecule has 0 bridgehead atoms. The maximum absolute atomic E-state index is 13.6. The number of sulfonamides is 1. The number of aromatic nitrogens is 1. The third-order valence-corrected chi connectivity index (χ3v) is 9.69. The molecule has 1 aliphatic carbocycles. The Morgan fingerprint density at radius 2 is 1.72 bits per heavy atom. The fraction of sp³-hybridized carbons (Fsp3) is 0.452. The number of carbonyl (C=O) groups excluding carboxylic acids is 2. The van der Waals surface area contributed by atoms with Crippen LogP contribution in [0, 0.1) is 0 Å². The molecule has 10 nitrogen and oxygen atoms in total. The van der Waals surface area contributed by atoms with Crippen LogP contribution in [0.15, 0.2) is 59.6 Å². The molecule has 1 aromatic heterocycles. The van der Waals surface area contributed by atoms with Gasteiger partial charge in [0.2, 0.25) is 10.0 Å². The number of hydrogen-bond acceptors (Lipinski definition) is 8. The lowest BCUT2D eigenvalue weighted by Gasteiger charge is -2.28. The van der Waals surface area contributed by atoms with E-state index in [1.54, 1.807) is 39.1 Å². The van der Waals surface area contributed by atoms with Gasteiger partial charge in [-0.15, -0.1) is 11.3 Å². The minimum absolute atomic E-state index is 0.0371. The van der Waals surface area contributed by atoms with Crippen LogP contribution in [0.2, 0.25) is 0 Å². The number of thiazole rings is 1. The van der Waals surface area contributed by atoms with Crippen LogP contribution in [0.1, 0.15) is 76.8 Å². The van der Waals surface area contributed by atoms with Crippen molar-refractivity contribution in [3.63, 3.8) is 0 Å². The van der Waals surface area contributed by atoms with E-state index in [9.17, 15) is 18.0 Å². The lowest BCUT2D eigenvalue weighted by molar-refractivity contribution is 0.109. The highest BCUT2D eigenvalue weighted by Gasteiger charge is 2.29. The molecule has 1 aliphatic rings. The summed E-state index contributed by atoms with van der Waals surface area (Å²) in [5.41, 5.74) is 0.907. The van der Waals surface area contributed by atoms with Gasteiger partial charge in [-0.1, -0.05) is 36.4 Å². The van der Waals surface area contributed by atoms with Crippen molar-refractivity contribution >= 4 is 39.2 Å². The predicted octanol–water partition coefficient (Wildman–Crippen LogP) is 6.80. The maximum atomic E-state index is 13.6. The number of benzene rings is 2. The molecule has 0 aliphatic heterocycles. The minimum Gasteiger partial charge on any atom is -0.447 e. The van der Waals surface area contributed by atoms with E-state index in [-0.39, 0.29) is 29.6 Å². The number of hydrogen-bond donors (Lipinski definition) is 3. The molecule has 1 saturated carbocycles. The van der Waals surface area contributed by atoms with Gasteiger partial charge in [0, 0.05) is 34.9 Å². The zero-order valence-corrected chi connectivity index (χ0v) is 26.8. The van der Waals surface area contributed by atoms with E-state index >= 15 is 0 Å². The van der Waals surface area contributed by atoms with E-state index in [4.69, 9.17) is 9.47 Å². The second-order valence-corrected chi connectivity index (χ2v) is 14.7. The summed E-state index contributed by atoms with van der Waals surface area (Å²) in [6.07, 6.45) is 3.77. The van der Waals surface area contributed by atoms with Crippen LogP contribution in [-0.4, -0.2) is 43.3 Å². The highest BCUT2D eigenvalue weighted by molar-refractivity contribution is 7.89. The van der Waals surface area contributed by atoms with Gasteiger partial charge in [0.1, 0.15) is 6.61 Å². The Morgan fingerprint density at radius 3 is 2.37 bits per heavy atom. The zero-order valence-electron chi connectivity index (χ0n) is 25.2.